The zero-order valence-electron chi connectivity index (χ0n) is 19.3. The molecule has 8 heteroatoms. The van der Waals surface area contributed by atoms with E-state index in [0.29, 0.717) is 42.0 Å². The summed E-state index contributed by atoms with van der Waals surface area (Å²) in [5, 5.41) is 9.51. The van der Waals surface area contributed by atoms with Crippen molar-refractivity contribution in [3.63, 3.8) is 0 Å². The SMILES string of the molecule is COC(=O)c1cc2c(cc1-c1cc(C(=O)O)c(C)n1C)CCN(C(=O)OCc1ccccc1)C2. The lowest BCUT2D eigenvalue weighted by atomic mass is 9.92. The molecule has 2 aromatic carbocycles. The molecule has 176 valence electrons. The number of rotatable bonds is 5. The van der Waals surface area contributed by atoms with E-state index in [1.165, 1.54) is 7.11 Å². The molecule has 1 N–H and O–H groups in total. The van der Waals surface area contributed by atoms with Crippen LogP contribution in [0.25, 0.3) is 11.3 Å². The first-order valence-corrected chi connectivity index (χ1v) is 10.9. The molecular formula is C26H26N2O6. The summed E-state index contributed by atoms with van der Waals surface area (Å²) in [6.07, 6.45) is 0.168. The molecular weight excluding hydrogens is 436 g/mol. The first-order valence-electron chi connectivity index (χ1n) is 10.9. The fourth-order valence-corrected chi connectivity index (χ4v) is 4.24. The van der Waals surface area contributed by atoms with Crippen LogP contribution in [-0.4, -0.2) is 46.3 Å². The monoisotopic (exact) mass is 462 g/mol. The van der Waals surface area contributed by atoms with Gasteiger partial charge in [-0.15, -0.1) is 0 Å². The van der Waals surface area contributed by atoms with Gasteiger partial charge >= 0.3 is 18.0 Å². The van der Waals surface area contributed by atoms with Gasteiger partial charge in [-0.2, -0.15) is 0 Å². The number of carboxylic acid groups (broad SMARTS) is 1. The zero-order chi connectivity index (χ0) is 24.4. The summed E-state index contributed by atoms with van der Waals surface area (Å²) in [6, 6.07) is 14.7. The average molecular weight is 463 g/mol. The van der Waals surface area contributed by atoms with Gasteiger partial charge in [-0.3, -0.25) is 0 Å². The number of carboxylic acids is 1. The number of carbonyl (C=O) groups excluding carboxylic acids is 2. The number of methoxy groups -OCH3 is 1. The molecule has 34 heavy (non-hydrogen) atoms. The second-order valence-corrected chi connectivity index (χ2v) is 8.26. The summed E-state index contributed by atoms with van der Waals surface area (Å²) in [7, 11) is 3.07. The van der Waals surface area contributed by atoms with E-state index in [9.17, 15) is 19.5 Å². The fourth-order valence-electron chi connectivity index (χ4n) is 4.24. The zero-order valence-corrected chi connectivity index (χ0v) is 19.3. The predicted octanol–water partition coefficient (Wildman–Crippen LogP) is 4.18. The molecule has 1 aliphatic heterocycles. The topological polar surface area (TPSA) is 98.1 Å². The van der Waals surface area contributed by atoms with E-state index >= 15 is 0 Å². The molecule has 0 spiro atoms. The molecule has 0 saturated heterocycles. The van der Waals surface area contributed by atoms with Gasteiger partial charge in [-0.25, -0.2) is 14.4 Å². The van der Waals surface area contributed by atoms with Crippen LogP contribution in [0.2, 0.25) is 0 Å². The number of nitrogens with zero attached hydrogens (tertiary/aromatic N) is 2. The lowest BCUT2D eigenvalue weighted by Crippen LogP contribution is -2.36. The number of aromatic carboxylic acids is 1. The smallest absolute Gasteiger partial charge is 0.410 e. The van der Waals surface area contributed by atoms with Crippen LogP contribution in [0.5, 0.6) is 0 Å². The number of aromatic nitrogens is 1. The second-order valence-electron chi connectivity index (χ2n) is 8.26. The highest BCUT2D eigenvalue weighted by molar-refractivity contribution is 5.99. The van der Waals surface area contributed by atoms with E-state index in [2.05, 4.69) is 0 Å². The maximum atomic E-state index is 12.7. The summed E-state index contributed by atoms with van der Waals surface area (Å²) in [6.45, 7) is 2.69. The van der Waals surface area contributed by atoms with Gasteiger partial charge in [-0.1, -0.05) is 30.3 Å². The molecule has 3 aromatic rings. The standard InChI is InChI=1S/C26H26N2O6/c1-16-20(24(29)30)13-23(27(16)2)21-11-18-9-10-28(14-19(18)12-22(21)25(31)33-3)26(32)34-15-17-7-5-4-6-8-17/h4-8,11-13H,9-10,14-15H2,1-3H3,(H,29,30). The number of carbonyl (C=O) groups is 3. The highest BCUT2D eigenvalue weighted by atomic mass is 16.6. The van der Waals surface area contributed by atoms with E-state index in [4.69, 9.17) is 9.47 Å². The number of hydrogen-bond acceptors (Lipinski definition) is 5. The molecule has 2 heterocycles. The van der Waals surface area contributed by atoms with Crippen LogP contribution in [0.1, 0.15) is 43.1 Å². The van der Waals surface area contributed by atoms with E-state index in [0.717, 1.165) is 16.7 Å². The molecule has 0 aliphatic carbocycles. The van der Waals surface area contributed by atoms with Gasteiger partial charge < -0.3 is 24.0 Å². The Morgan fingerprint density at radius 2 is 1.76 bits per heavy atom. The number of ether oxygens (including phenoxy) is 2. The third kappa shape index (κ3) is 4.39. The van der Waals surface area contributed by atoms with Crippen molar-refractivity contribution in [1.82, 2.24) is 9.47 Å². The molecule has 1 aromatic heterocycles. The van der Waals surface area contributed by atoms with Crippen LogP contribution in [0.3, 0.4) is 0 Å². The first-order chi connectivity index (χ1) is 16.3. The third-order valence-corrected chi connectivity index (χ3v) is 6.26. The van der Waals surface area contributed by atoms with Gasteiger partial charge in [0.2, 0.25) is 0 Å². The lowest BCUT2D eigenvalue weighted by Gasteiger charge is -2.29. The minimum atomic E-state index is -1.03. The van der Waals surface area contributed by atoms with Crippen molar-refractivity contribution in [2.24, 2.45) is 7.05 Å². The van der Waals surface area contributed by atoms with Crippen LogP contribution in [0.4, 0.5) is 4.79 Å². The number of esters is 1. The highest BCUT2D eigenvalue weighted by Crippen LogP contribution is 2.33. The number of fused-ring (bicyclic) bond motifs is 1. The number of hydrogen-bond donors (Lipinski definition) is 1. The quantitative estimate of drug-likeness (QED) is 0.571. The molecule has 0 radical (unpaired) electrons. The molecule has 1 aliphatic rings. The van der Waals surface area contributed by atoms with Crippen molar-refractivity contribution in [2.45, 2.75) is 26.5 Å². The highest BCUT2D eigenvalue weighted by Gasteiger charge is 2.27. The van der Waals surface area contributed by atoms with E-state index in [1.807, 2.05) is 36.4 Å². The van der Waals surface area contributed by atoms with Gasteiger partial charge in [0.05, 0.1) is 18.2 Å². The molecule has 1 amide bonds. The van der Waals surface area contributed by atoms with Crippen LogP contribution in [0, 0.1) is 6.92 Å². The average Bonchev–Trinajstić information content (AvgIpc) is 3.15. The molecule has 0 fully saturated rings. The molecule has 0 saturated carbocycles. The van der Waals surface area contributed by atoms with Gasteiger partial charge in [0, 0.05) is 37.1 Å². The summed E-state index contributed by atoms with van der Waals surface area (Å²) < 4.78 is 12.2. The van der Waals surface area contributed by atoms with Crippen molar-refractivity contribution in [3.8, 4) is 11.3 Å². The number of benzene rings is 2. The third-order valence-electron chi connectivity index (χ3n) is 6.26. The summed E-state index contributed by atoms with van der Waals surface area (Å²) in [5.74, 6) is -1.56. The van der Waals surface area contributed by atoms with E-state index < -0.39 is 18.0 Å². The Hall–Kier alpha value is -4.07. The van der Waals surface area contributed by atoms with Crippen LogP contribution in [0.15, 0.2) is 48.5 Å². The Bertz CT molecular complexity index is 1260. The van der Waals surface area contributed by atoms with Crippen LogP contribution >= 0.6 is 0 Å². The second kappa shape index (κ2) is 9.43. The van der Waals surface area contributed by atoms with Gasteiger partial charge in [0.25, 0.3) is 0 Å². The lowest BCUT2D eigenvalue weighted by molar-refractivity contribution is 0.0600. The molecule has 0 atom stereocenters. The summed E-state index contributed by atoms with van der Waals surface area (Å²) in [4.78, 5) is 38.5. The maximum absolute atomic E-state index is 12.7. The minimum Gasteiger partial charge on any atom is -0.478 e. The maximum Gasteiger partial charge on any atom is 0.410 e. The molecule has 4 rings (SSSR count). The van der Waals surface area contributed by atoms with Crippen molar-refractivity contribution < 1.29 is 29.0 Å². The minimum absolute atomic E-state index is 0.179. The van der Waals surface area contributed by atoms with Crippen molar-refractivity contribution in [3.05, 3.63) is 82.0 Å². The van der Waals surface area contributed by atoms with Gasteiger partial charge in [-0.05, 0) is 48.2 Å². The molecule has 0 unspecified atom stereocenters. The summed E-state index contributed by atoms with van der Waals surface area (Å²) in [5.41, 5.74) is 5.03. The normalized spacial score (nSPS) is 12.7. The molecule has 0 bridgehead atoms. The fraction of sp³-hybridized carbons (Fsp3) is 0.269. The Morgan fingerprint density at radius 1 is 1.03 bits per heavy atom. The van der Waals surface area contributed by atoms with Crippen molar-refractivity contribution in [1.29, 1.82) is 0 Å². The van der Waals surface area contributed by atoms with E-state index in [-0.39, 0.29) is 12.2 Å². The van der Waals surface area contributed by atoms with Gasteiger partial charge in [0.1, 0.15) is 6.61 Å². The number of amides is 1. The first kappa shape index (κ1) is 23.1. The van der Waals surface area contributed by atoms with Gasteiger partial charge in [0.15, 0.2) is 0 Å². The van der Waals surface area contributed by atoms with E-state index in [1.54, 1.807) is 35.6 Å². The Kier molecular flexibility index (Phi) is 6.40. The Morgan fingerprint density at radius 3 is 2.41 bits per heavy atom. The largest absolute Gasteiger partial charge is 0.478 e. The van der Waals surface area contributed by atoms with Crippen LogP contribution < -0.4 is 0 Å². The Labute approximate surface area is 197 Å². The van der Waals surface area contributed by atoms with Crippen molar-refractivity contribution >= 4 is 18.0 Å². The van der Waals surface area contributed by atoms with Crippen LogP contribution in [-0.2, 0) is 36.1 Å². The summed E-state index contributed by atoms with van der Waals surface area (Å²) >= 11 is 0. The molecule has 8 nitrogen and oxygen atoms in total. The van der Waals surface area contributed by atoms with Crippen molar-refractivity contribution in [2.75, 3.05) is 13.7 Å². The predicted molar refractivity (Wildman–Crippen MR) is 125 cm³/mol. The Balaban J connectivity index is 1.63.